The lowest BCUT2D eigenvalue weighted by Gasteiger charge is -2.19. The molecule has 0 bridgehead atoms. The van der Waals surface area contributed by atoms with Crippen molar-refractivity contribution in [1.82, 2.24) is 4.90 Å². The van der Waals surface area contributed by atoms with E-state index in [-0.39, 0.29) is 6.07 Å². The van der Waals surface area contributed by atoms with E-state index >= 15 is 0 Å². The highest BCUT2D eigenvalue weighted by Gasteiger charge is 2.37. The third-order valence-electron chi connectivity index (χ3n) is 3.92. The van der Waals surface area contributed by atoms with Gasteiger partial charge in [-0.25, -0.2) is 0 Å². The van der Waals surface area contributed by atoms with E-state index < -0.39 is 47.4 Å². The van der Waals surface area contributed by atoms with Crippen molar-refractivity contribution in [1.29, 1.82) is 0 Å². The average molecular weight is 434 g/mol. The summed E-state index contributed by atoms with van der Waals surface area (Å²) >= 11 is 0. The van der Waals surface area contributed by atoms with Crippen LogP contribution in [0.3, 0.4) is 0 Å². The van der Waals surface area contributed by atoms with Crippen LogP contribution < -0.4 is 10.1 Å². The lowest BCUT2D eigenvalue weighted by atomic mass is 10.0. The maximum atomic E-state index is 12.9. The van der Waals surface area contributed by atoms with Crippen molar-refractivity contribution in [3.63, 3.8) is 0 Å². The standard InChI is InChI=1S/C19H16F6N2O3/c1-27(10-16(28)26-14-4-3-5-15(9-14)30-2)17(29)11-6-12(18(20,21)22)8-13(7-11)19(23,24)25/h3-9H,10H2,1-2H3,(H,26,28). The number of halogens is 6. The summed E-state index contributed by atoms with van der Waals surface area (Å²) in [7, 11) is 2.50. The van der Waals surface area contributed by atoms with E-state index in [2.05, 4.69) is 5.32 Å². The Morgan fingerprint density at radius 2 is 1.53 bits per heavy atom. The molecule has 0 aromatic heterocycles. The van der Waals surface area contributed by atoms with Crippen LogP contribution in [0.4, 0.5) is 32.0 Å². The van der Waals surface area contributed by atoms with Crippen molar-refractivity contribution in [2.24, 2.45) is 0 Å². The molecule has 2 rings (SSSR count). The van der Waals surface area contributed by atoms with Crippen molar-refractivity contribution < 1.29 is 40.7 Å². The van der Waals surface area contributed by atoms with Gasteiger partial charge in [0.05, 0.1) is 24.8 Å². The van der Waals surface area contributed by atoms with E-state index in [1.807, 2.05) is 0 Å². The van der Waals surface area contributed by atoms with Crippen molar-refractivity contribution in [2.45, 2.75) is 12.4 Å². The minimum absolute atomic E-state index is 0.0771. The second kappa shape index (κ2) is 8.64. The summed E-state index contributed by atoms with van der Waals surface area (Å²) in [6, 6.07) is 6.78. The van der Waals surface area contributed by atoms with Gasteiger partial charge in [-0.1, -0.05) is 6.07 Å². The number of alkyl halides is 6. The van der Waals surface area contributed by atoms with Crippen LogP contribution in [-0.2, 0) is 17.1 Å². The fourth-order valence-electron chi connectivity index (χ4n) is 2.49. The number of likely N-dealkylation sites (N-methyl/N-ethyl adjacent to an activating group) is 1. The summed E-state index contributed by atoms with van der Waals surface area (Å²) in [5.74, 6) is -1.43. The lowest BCUT2D eigenvalue weighted by molar-refractivity contribution is -0.143. The van der Waals surface area contributed by atoms with Gasteiger partial charge in [-0.2, -0.15) is 26.3 Å². The predicted octanol–water partition coefficient (Wildman–Crippen LogP) is 4.44. The largest absolute Gasteiger partial charge is 0.497 e. The number of methoxy groups -OCH3 is 1. The van der Waals surface area contributed by atoms with Crippen LogP contribution in [0.15, 0.2) is 42.5 Å². The summed E-state index contributed by atoms with van der Waals surface area (Å²) in [6.07, 6.45) is -10.2. The Hall–Kier alpha value is -3.24. The average Bonchev–Trinajstić information content (AvgIpc) is 2.65. The molecule has 1 N–H and O–H groups in total. The highest BCUT2D eigenvalue weighted by atomic mass is 19.4. The lowest BCUT2D eigenvalue weighted by Crippen LogP contribution is -2.35. The Morgan fingerprint density at radius 3 is 2.03 bits per heavy atom. The molecule has 2 amide bonds. The van der Waals surface area contributed by atoms with E-state index in [0.717, 1.165) is 7.05 Å². The van der Waals surface area contributed by atoms with Crippen molar-refractivity contribution in [2.75, 3.05) is 26.0 Å². The molecule has 0 spiro atoms. The van der Waals surface area contributed by atoms with Gasteiger partial charge in [0.2, 0.25) is 5.91 Å². The van der Waals surface area contributed by atoms with Crippen LogP contribution >= 0.6 is 0 Å². The molecule has 0 aliphatic rings. The molecule has 0 heterocycles. The molecule has 5 nitrogen and oxygen atoms in total. The van der Waals surface area contributed by atoms with Gasteiger partial charge >= 0.3 is 12.4 Å². The maximum Gasteiger partial charge on any atom is 0.416 e. The van der Waals surface area contributed by atoms with E-state index in [9.17, 15) is 35.9 Å². The number of ether oxygens (including phenoxy) is 1. The number of nitrogens with zero attached hydrogens (tertiary/aromatic N) is 1. The van der Waals surface area contributed by atoms with Gasteiger partial charge in [0.1, 0.15) is 5.75 Å². The normalized spacial score (nSPS) is 11.7. The van der Waals surface area contributed by atoms with Crippen LogP contribution in [-0.4, -0.2) is 37.4 Å². The molecule has 0 saturated heterocycles. The number of amides is 2. The Morgan fingerprint density at radius 1 is 0.967 bits per heavy atom. The smallest absolute Gasteiger partial charge is 0.416 e. The van der Waals surface area contributed by atoms with Gasteiger partial charge in [0.25, 0.3) is 5.91 Å². The van der Waals surface area contributed by atoms with Gasteiger partial charge in [-0.05, 0) is 30.3 Å². The number of hydrogen-bond acceptors (Lipinski definition) is 3. The van der Waals surface area contributed by atoms with Gasteiger partial charge in [0, 0.05) is 24.4 Å². The second-order valence-electron chi connectivity index (χ2n) is 6.24. The van der Waals surface area contributed by atoms with Crippen LogP contribution in [0.2, 0.25) is 0 Å². The molecule has 0 aliphatic heterocycles. The number of hydrogen-bond donors (Lipinski definition) is 1. The van der Waals surface area contributed by atoms with Gasteiger partial charge in [-0.3, -0.25) is 9.59 Å². The zero-order valence-corrected chi connectivity index (χ0v) is 15.7. The molecule has 0 aliphatic carbocycles. The summed E-state index contributed by atoms with van der Waals surface area (Å²) in [5.41, 5.74) is -3.74. The number of rotatable bonds is 5. The molecule has 2 aromatic rings. The zero-order chi connectivity index (χ0) is 22.7. The SMILES string of the molecule is COc1cccc(NC(=O)CN(C)C(=O)c2cc(C(F)(F)F)cc(C(F)(F)F)c2)c1. The van der Waals surface area contributed by atoms with Crippen LogP contribution in [0.25, 0.3) is 0 Å². The van der Waals surface area contributed by atoms with Crippen LogP contribution in [0, 0.1) is 0 Å². The minimum atomic E-state index is -5.08. The fraction of sp³-hybridized carbons (Fsp3) is 0.263. The summed E-state index contributed by atoms with van der Waals surface area (Å²) in [4.78, 5) is 25.2. The second-order valence-corrected chi connectivity index (χ2v) is 6.24. The molecule has 11 heteroatoms. The summed E-state index contributed by atoms with van der Waals surface area (Å²) < 4.78 is 82.7. The molecule has 30 heavy (non-hydrogen) atoms. The molecular weight excluding hydrogens is 418 g/mol. The fourth-order valence-corrected chi connectivity index (χ4v) is 2.49. The molecular formula is C19H16F6N2O3. The molecule has 162 valence electrons. The molecule has 0 saturated carbocycles. The van der Waals surface area contributed by atoms with Crippen molar-refractivity contribution in [3.8, 4) is 5.75 Å². The van der Waals surface area contributed by atoms with E-state index in [1.54, 1.807) is 12.1 Å². The van der Waals surface area contributed by atoms with Gasteiger partial charge < -0.3 is 15.0 Å². The van der Waals surface area contributed by atoms with Crippen LogP contribution in [0.1, 0.15) is 21.5 Å². The van der Waals surface area contributed by atoms with Crippen LogP contribution in [0.5, 0.6) is 5.75 Å². The minimum Gasteiger partial charge on any atom is -0.497 e. The maximum absolute atomic E-state index is 12.9. The first-order chi connectivity index (χ1) is 13.8. The number of anilines is 1. The Balaban J connectivity index is 2.21. The first-order valence-electron chi connectivity index (χ1n) is 8.30. The van der Waals surface area contributed by atoms with Gasteiger partial charge in [0.15, 0.2) is 0 Å². The molecule has 0 fully saturated rings. The number of benzene rings is 2. The van der Waals surface area contributed by atoms with Gasteiger partial charge in [-0.15, -0.1) is 0 Å². The Labute approximate surface area is 167 Å². The third kappa shape index (κ3) is 5.88. The topological polar surface area (TPSA) is 58.6 Å². The van der Waals surface area contributed by atoms with Crippen molar-refractivity contribution in [3.05, 3.63) is 59.2 Å². The molecule has 0 atom stereocenters. The Bertz CT molecular complexity index is 908. The quantitative estimate of drug-likeness (QED) is 0.708. The number of carbonyl (C=O) groups is 2. The summed E-state index contributed by atoms with van der Waals surface area (Å²) in [5, 5.41) is 2.45. The van der Waals surface area contributed by atoms with Crippen molar-refractivity contribution >= 4 is 17.5 Å². The molecule has 2 aromatic carbocycles. The highest BCUT2D eigenvalue weighted by molar-refractivity contribution is 5.99. The molecule has 0 unspecified atom stereocenters. The molecule has 0 radical (unpaired) electrons. The zero-order valence-electron chi connectivity index (χ0n) is 15.7. The monoisotopic (exact) mass is 434 g/mol. The van der Waals surface area contributed by atoms with E-state index in [4.69, 9.17) is 4.74 Å². The summed E-state index contributed by atoms with van der Waals surface area (Å²) in [6.45, 7) is -0.604. The highest BCUT2D eigenvalue weighted by Crippen LogP contribution is 2.36. The number of carbonyl (C=O) groups excluding carboxylic acids is 2. The van der Waals surface area contributed by atoms with E-state index in [0.29, 0.717) is 28.5 Å². The predicted molar refractivity (Wildman–Crippen MR) is 95.0 cm³/mol. The first-order valence-corrected chi connectivity index (χ1v) is 8.30. The number of nitrogens with one attached hydrogen (secondary N) is 1. The van der Waals surface area contributed by atoms with E-state index in [1.165, 1.54) is 19.2 Å². The Kier molecular flexibility index (Phi) is 6.63. The first kappa shape index (κ1) is 23.0. The third-order valence-corrected chi connectivity index (χ3v) is 3.92.